The van der Waals surface area contributed by atoms with Crippen LogP contribution < -0.4 is 0 Å². The summed E-state index contributed by atoms with van der Waals surface area (Å²) in [5.41, 5.74) is 9.45. The second-order valence-electron chi connectivity index (χ2n) is 8.22. The second-order valence-corrected chi connectivity index (χ2v) is 8.22. The fourth-order valence-electron chi connectivity index (χ4n) is 4.73. The Kier molecular flexibility index (Phi) is 5.11. The summed E-state index contributed by atoms with van der Waals surface area (Å²) in [6.07, 6.45) is 7.59. The number of benzene rings is 2. The predicted octanol–water partition coefficient (Wildman–Crippen LogP) is 7.53. The van der Waals surface area contributed by atoms with Gasteiger partial charge in [0.15, 0.2) is 0 Å². The molecule has 0 unspecified atom stereocenters. The first kappa shape index (κ1) is 17.3. The van der Waals surface area contributed by atoms with Crippen LogP contribution in [0.15, 0.2) is 71.8 Å². The summed E-state index contributed by atoms with van der Waals surface area (Å²) in [5, 5.41) is 0. The van der Waals surface area contributed by atoms with E-state index in [1.807, 2.05) is 0 Å². The van der Waals surface area contributed by atoms with Crippen molar-refractivity contribution in [1.29, 1.82) is 0 Å². The molecule has 0 N–H and O–H groups in total. The van der Waals surface area contributed by atoms with Gasteiger partial charge in [-0.3, -0.25) is 0 Å². The lowest BCUT2D eigenvalue weighted by Crippen LogP contribution is -2.16. The summed E-state index contributed by atoms with van der Waals surface area (Å²) >= 11 is 0. The smallest absolute Gasteiger partial charge is 0.0222 e. The van der Waals surface area contributed by atoms with Crippen LogP contribution in [0.3, 0.4) is 0 Å². The normalized spacial score (nSPS) is 29.6. The Morgan fingerprint density at radius 2 is 0.923 bits per heavy atom. The third-order valence-electron chi connectivity index (χ3n) is 6.46. The molecule has 0 saturated heterocycles. The minimum Gasteiger partial charge on any atom is -0.0622 e. The number of hydrogen-bond donors (Lipinski definition) is 0. The molecule has 0 heteroatoms. The molecule has 0 heterocycles. The molecular weight excluding hydrogens is 312 g/mol. The number of fused-ring (bicyclic) bond motifs is 1. The van der Waals surface area contributed by atoms with E-state index < -0.39 is 0 Å². The van der Waals surface area contributed by atoms with E-state index in [0.717, 1.165) is 0 Å². The molecule has 2 aromatic rings. The van der Waals surface area contributed by atoms with Gasteiger partial charge >= 0.3 is 0 Å². The number of hydrogen-bond acceptors (Lipinski definition) is 0. The minimum atomic E-state index is 0.708. The Bertz CT molecular complexity index is 736. The Hall–Kier alpha value is -2.08. The molecule has 0 bridgehead atoms. The van der Waals surface area contributed by atoms with Crippen LogP contribution in [-0.2, 0) is 0 Å². The van der Waals surface area contributed by atoms with E-state index in [1.54, 1.807) is 22.3 Å². The lowest BCUT2D eigenvalue weighted by Gasteiger charge is -2.33. The van der Waals surface area contributed by atoms with Crippen molar-refractivity contribution in [2.45, 2.75) is 52.4 Å². The Morgan fingerprint density at radius 3 is 1.31 bits per heavy atom. The summed E-state index contributed by atoms with van der Waals surface area (Å²) in [6.45, 7) is 4.90. The van der Waals surface area contributed by atoms with Gasteiger partial charge in [0.25, 0.3) is 0 Å². The predicted molar refractivity (Wildman–Crippen MR) is 113 cm³/mol. The zero-order valence-corrected chi connectivity index (χ0v) is 16.2. The van der Waals surface area contributed by atoms with Crippen LogP contribution in [0.1, 0.15) is 63.5 Å². The fourth-order valence-corrected chi connectivity index (χ4v) is 4.73. The fraction of sp³-hybridized carbons (Fsp3) is 0.385. The van der Waals surface area contributed by atoms with Gasteiger partial charge in [-0.1, -0.05) is 74.5 Å². The molecule has 0 amide bonds. The zero-order valence-electron chi connectivity index (χ0n) is 16.2. The molecular formula is C26H30. The molecule has 1 saturated carbocycles. The first-order valence-corrected chi connectivity index (χ1v) is 10.3. The van der Waals surface area contributed by atoms with Crippen LogP contribution in [-0.4, -0.2) is 0 Å². The van der Waals surface area contributed by atoms with Gasteiger partial charge in [0, 0.05) is 0 Å². The van der Waals surface area contributed by atoms with Crippen molar-refractivity contribution in [3.63, 3.8) is 0 Å². The zero-order chi connectivity index (χ0) is 17.9. The molecule has 0 radical (unpaired) electrons. The van der Waals surface area contributed by atoms with Crippen molar-refractivity contribution in [2.75, 3.05) is 0 Å². The molecule has 2 atom stereocenters. The minimum absolute atomic E-state index is 0.708. The highest BCUT2D eigenvalue weighted by atomic mass is 14.3. The number of rotatable bonds is 2. The van der Waals surface area contributed by atoms with Gasteiger partial charge in [-0.25, -0.2) is 0 Å². The van der Waals surface area contributed by atoms with Gasteiger partial charge < -0.3 is 0 Å². The van der Waals surface area contributed by atoms with Crippen molar-refractivity contribution in [3.8, 4) is 0 Å². The van der Waals surface area contributed by atoms with E-state index in [9.17, 15) is 0 Å². The van der Waals surface area contributed by atoms with Crippen molar-refractivity contribution < 1.29 is 0 Å². The molecule has 2 aromatic carbocycles. The van der Waals surface area contributed by atoms with Crippen molar-refractivity contribution in [1.82, 2.24) is 0 Å². The van der Waals surface area contributed by atoms with Gasteiger partial charge in [0.2, 0.25) is 0 Å². The van der Waals surface area contributed by atoms with Crippen molar-refractivity contribution >= 4 is 11.1 Å². The Morgan fingerprint density at radius 1 is 0.538 bits per heavy atom. The molecule has 2 aliphatic carbocycles. The third kappa shape index (κ3) is 3.43. The topological polar surface area (TPSA) is 0 Å². The van der Waals surface area contributed by atoms with Gasteiger partial charge in [-0.15, -0.1) is 0 Å². The Balaban J connectivity index is 1.94. The highest BCUT2D eigenvalue weighted by Crippen LogP contribution is 2.46. The van der Waals surface area contributed by atoms with E-state index in [0.29, 0.717) is 11.8 Å². The van der Waals surface area contributed by atoms with E-state index in [4.69, 9.17) is 0 Å². The van der Waals surface area contributed by atoms with Crippen LogP contribution >= 0.6 is 0 Å². The van der Waals surface area contributed by atoms with E-state index in [-0.39, 0.29) is 0 Å². The monoisotopic (exact) mass is 342 g/mol. The van der Waals surface area contributed by atoms with Crippen LogP contribution in [0.25, 0.3) is 11.1 Å². The quantitative estimate of drug-likeness (QED) is 0.529. The first-order valence-electron chi connectivity index (χ1n) is 10.3. The van der Waals surface area contributed by atoms with Crippen LogP contribution in [0.4, 0.5) is 0 Å². The summed E-state index contributed by atoms with van der Waals surface area (Å²) < 4.78 is 0. The molecule has 2 aliphatic rings. The molecule has 4 rings (SSSR count). The number of allylic oxidation sites excluding steroid dienone is 4. The van der Waals surface area contributed by atoms with Crippen molar-refractivity contribution in [2.24, 2.45) is 11.8 Å². The maximum atomic E-state index is 2.45. The molecule has 0 nitrogen and oxygen atoms in total. The van der Waals surface area contributed by atoms with E-state index in [2.05, 4.69) is 74.5 Å². The summed E-state index contributed by atoms with van der Waals surface area (Å²) in [4.78, 5) is 0. The van der Waals surface area contributed by atoms with Gasteiger partial charge in [-0.2, -0.15) is 0 Å². The molecule has 0 spiro atoms. The highest BCUT2D eigenvalue weighted by Gasteiger charge is 2.27. The van der Waals surface area contributed by atoms with Crippen LogP contribution in [0.5, 0.6) is 0 Å². The molecule has 26 heavy (non-hydrogen) atoms. The SMILES string of the molecule is C[C@H]1C/C(c2ccccc2)=C2/CCCC/C2=C(\c2ccccc2)C[C@@H]1C. The first-order chi connectivity index (χ1) is 12.7. The van der Waals surface area contributed by atoms with E-state index in [1.165, 1.54) is 49.7 Å². The van der Waals surface area contributed by atoms with Gasteiger partial charge in [0.05, 0.1) is 0 Å². The van der Waals surface area contributed by atoms with Gasteiger partial charge in [-0.05, 0) is 83.8 Å². The average Bonchev–Trinajstić information content (AvgIpc) is 2.70. The van der Waals surface area contributed by atoms with Crippen molar-refractivity contribution in [3.05, 3.63) is 82.9 Å². The molecule has 0 aromatic heterocycles. The van der Waals surface area contributed by atoms with Crippen LogP contribution in [0.2, 0.25) is 0 Å². The maximum absolute atomic E-state index is 2.45. The summed E-state index contributed by atoms with van der Waals surface area (Å²) in [5.74, 6) is 1.42. The lowest BCUT2D eigenvalue weighted by atomic mass is 9.72. The Labute approximate surface area is 158 Å². The molecule has 134 valence electrons. The molecule has 0 aliphatic heterocycles. The second kappa shape index (κ2) is 7.66. The lowest BCUT2D eigenvalue weighted by molar-refractivity contribution is 0.399. The standard InChI is InChI=1S/C26H30/c1-19-17-25(21-11-5-3-6-12-21)23-15-9-10-16-24(23)26(18-20(19)2)22-13-7-4-8-14-22/h3-8,11-14,19-20H,9-10,15-18H2,1-2H3/b25-23+,26-24+/t19-,20-/m0/s1. The highest BCUT2D eigenvalue weighted by molar-refractivity contribution is 5.81. The van der Waals surface area contributed by atoms with Crippen LogP contribution in [0, 0.1) is 11.8 Å². The maximum Gasteiger partial charge on any atom is -0.0222 e. The summed E-state index contributed by atoms with van der Waals surface area (Å²) in [7, 11) is 0. The average molecular weight is 343 g/mol. The largest absolute Gasteiger partial charge is 0.0622 e. The third-order valence-corrected chi connectivity index (χ3v) is 6.46. The summed E-state index contributed by atoms with van der Waals surface area (Å²) in [6, 6.07) is 22.3. The van der Waals surface area contributed by atoms with E-state index >= 15 is 0 Å². The van der Waals surface area contributed by atoms with Gasteiger partial charge in [0.1, 0.15) is 0 Å². The molecule has 1 fully saturated rings.